The second-order valence-corrected chi connectivity index (χ2v) is 9.15. The van der Waals surface area contributed by atoms with Crippen LogP contribution in [0, 0.1) is 0 Å². The molecule has 0 atom stereocenters. The molecule has 0 saturated heterocycles. The number of rotatable bonds is 5. The topological polar surface area (TPSA) is 81.4 Å². The van der Waals surface area contributed by atoms with Gasteiger partial charge in [-0.05, 0) is 61.4 Å². The molecule has 152 valence electrons. The third-order valence-corrected chi connectivity index (χ3v) is 7.15. The molecule has 6 nitrogen and oxygen atoms in total. The van der Waals surface area contributed by atoms with Crippen molar-refractivity contribution in [3.8, 4) is 5.75 Å². The Morgan fingerprint density at radius 2 is 2.10 bits per heavy atom. The Bertz CT molecular complexity index is 1340. The molecule has 0 saturated carbocycles. The average molecular weight is 439 g/mol. The third-order valence-electron chi connectivity index (χ3n) is 5.14. The Balaban J connectivity index is 1.28. The molecular formula is C22H18N2O4S2. The Labute approximate surface area is 180 Å². The second-order valence-electron chi connectivity index (χ2n) is 7.06. The number of carbonyl (C=O) groups is 1. The zero-order chi connectivity index (χ0) is 20.7. The fourth-order valence-corrected chi connectivity index (χ4v) is 5.30. The van der Waals surface area contributed by atoms with Crippen LogP contribution in [0.15, 0.2) is 49.9 Å². The molecule has 0 spiro atoms. The SMILES string of the molecule is CSc1nc2ccc(NC(=O)COc3ccc4c5c(c(=O)oc4c3)CCC5)cc2s1. The summed E-state index contributed by atoms with van der Waals surface area (Å²) in [4.78, 5) is 29.0. The van der Waals surface area contributed by atoms with Crippen molar-refractivity contribution in [1.82, 2.24) is 4.98 Å². The minimum absolute atomic E-state index is 0.141. The van der Waals surface area contributed by atoms with E-state index in [9.17, 15) is 9.59 Å². The molecule has 0 unspecified atom stereocenters. The van der Waals surface area contributed by atoms with Crippen molar-refractivity contribution in [2.75, 3.05) is 18.2 Å². The molecule has 5 rings (SSSR count). The van der Waals surface area contributed by atoms with Gasteiger partial charge in [0.05, 0.1) is 10.2 Å². The summed E-state index contributed by atoms with van der Waals surface area (Å²) >= 11 is 3.19. The number of fused-ring (bicyclic) bond motifs is 4. The number of aromatic nitrogens is 1. The van der Waals surface area contributed by atoms with Gasteiger partial charge in [0.15, 0.2) is 10.9 Å². The van der Waals surface area contributed by atoms with Gasteiger partial charge in [-0.25, -0.2) is 9.78 Å². The molecule has 2 heterocycles. The van der Waals surface area contributed by atoms with E-state index in [0.29, 0.717) is 17.0 Å². The van der Waals surface area contributed by atoms with Crippen LogP contribution < -0.4 is 15.7 Å². The van der Waals surface area contributed by atoms with Crippen LogP contribution in [-0.4, -0.2) is 23.8 Å². The highest BCUT2D eigenvalue weighted by molar-refractivity contribution is 8.00. The smallest absolute Gasteiger partial charge is 0.339 e. The largest absolute Gasteiger partial charge is 0.484 e. The summed E-state index contributed by atoms with van der Waals surface area (Å²) in [7, 11) is 0. The lowest BCUT2D eigenvalue weighted by Crippen LogP contribution is -2.20. The molecule has 1 aliphatic rings. The normalized spacial score (nSPS) is 13.0. The number of ether oxygens (including phenoxy) is 1. The number of hydrogen-bond donors (Lipinski definition) is 1. The van der Waals surface area contributed by atoms with E-state index >= 15 is 0 Å². The lowest BCUT2D eigenvalue weighted by Gasteiger charge is -2.09. The summed E-state index contributed by atoms with van der Waals surface area (Å²) < 4.78 is 13.1. The molecular weight excluding hydrogens is 420 g/mol. The monoisotopic (exact) mass is 438 g/mol. The van der Waals surface area contributed by atoms with Crippen LogP contribution in [0.4, 0.5) is 5.69 Å². The molecule has 1 aliphatic carbocycles. The van der Waals surface area contributed by atoms with E-state index in [1.54, 1.807) is 29.2 Å². The van der Waals surface area contributed by atoms with Crippen LogP contribution in [0.5, 0.6) is 5.75 Å². The summed E-state index contributed by atoms with van der Waals surface area (Å²) in [5.41, 5.74) is 3.72. The molecule has 8 heteroatoms. The molecule has 4 aromatic rings. The van der Waals surface area contributed by atoms with Crippen molar-refractivity contribution in [3.63, 3.8) is 0 Å². The predicted octanol–water partition coefficient (Wildman–Crippen LogP) is 4.63. The number of amides is 1. The molecule has 2 aromatic carbocycles. The first kappa shape index (κ1) is 19.1. The van der Waals surface area contributed by atoms with Gasteiger partial charge in [0.25, 0.3) is 5.91 Å². The summed E-state index contributed by atoms with van der Waals surface area (Å²) in [5.74, 6) is 0.223. The van der Waals surface area contributed by atoms with Crippen LogP contribution in [0.25, 0.3) is 21.2 Å². The van der Waals surface area contributed by atoms with Crippen molar-refractivity contribution >= 4 is 55.9 Å². The fraction of sp³-hybridized carbons (Fsp3) is 0.227. The summed E-state index contributed by atoms with van der Waals surface area (Å²) in [6.45, 7) is -0.141. The zero-order valence-electron chi connectivity index (χ0n) is 16.2. The Kier molecular flexibility index (Phi) is 4.96. The van der Waals surface area contributed by atoms with Gasteiger partial charge in [0.2, 0.25) is 0 Å². The van der Waals surface area contributed by atoms with Crippen LogP contribution >= 0.6 is 23.1 Å². The molecule has 1 N–H and O–H groups in total. The van der Waals surface area contributed by atoms with Gasteiger partial charge < -0.3 is 14.5 Å². The van der Waals surface area contributed by atoms with Crippen molar-refractivity contribution in [2.45, 2.75) is 23.6 Å². The number of hydrogen-bond acceptors (Lipinski definition) is 7. The molecule has 0 fully saturated rings. The highest BCUT2D eigenvalue weighted by atomic mass is 32.2. The molecule has 0 bridgehead atoms. The van der Waals surface area contributed by atoms with Crippen LogP contribution in [0.2, 0.25) is 0 Å². The second kappa shape index (κ2) is 7.77. The van der Waals surface area contributed by atoms with Gasteiger partial charge in [0.1, 0.15) is 11.3 Å². The van der Waals surface area contributed by atoms with E-state index in [4.69, 9.17) is 9.15 Å². The van der Waals surface area contributed by atoms with Crippen molar-refractivity contribution in [3.05, 3.63) is 57.9 Å². The zero-order valence-corrected chi connectivity index (χ0v) is 17.8. The minimum atomic E-state index is -0.270. The van der Waals surface area contributed by atoms with Crippen LogP contribution in [-0.2, 0) is 17.6 Å². The molecule has 0 aliphatic heterocycles. The van der Waals surface area contributed by atoms with Gasteiger partial charge in [-0.15, -0.1) is 11.3 Å². The van der Waals surface area contributed by atoms with Gasteiger partial charge in [-0.1, -0.05) is 11.8 Å². The summed E-state index contributed by atoms with van der Waals surface area (Å²) in [6.07, 6.45) is 4.63. The number of nitrogens with zero attached hydrogens (tertiary/aromatic N) is 1. The van der Waals surface area contributed by atoms with Gasteiger partial charge in [-0.2, -0.15) is 0 Å². The van der Waals surface area contributed by atoms with Crippen LogP contribution in [0.1, 0.15) is 17.5 Å². The summed E-state index contributed by atoms with van der Waals surface area (Å²) in [5, 5.41) is 3.79. The number of nitrogens with one attached hydrogen (secondary N) is 1. The van der Waals surface area contributed by atoms with Gasteiger partial charge >= 0.3 is 5.63 Å². The standard InChI is InChI=1S/C22H18N2O4S2/c1-29-22-24-17-8-5-12(9-19(17)30-22)23-20(25)11-27-13-6-7-15-14-3-2-4-16(14)21(26)28-18(15)10-13/h5-10H,2-4,11H2,1H3,(H,23,25). The number of aryl methyl sites for hydroxylation is 1. The lowest BCUT2D eigenvalue weighted by atomic mass is 10.1. The third kappa shape index (κ3) is 3.57. The predicted molar refractivity (Wildman–Crippen MR) is 120 cm³/mol. The van der Waals surface area contributed by atoms with E-state index in [1.165, 1.54) is 0 Å². The van der Waals surface area contributed by atoms with E-state index in [0.717, 1.165) is 50.3 Å². The maximum absolute atomic E-state index is 12.3. The van der Waals surface area contributed by atoms with E-state index in [2.05, 4.69) is 10.3 Å². The summed E-state index contributed by atoms with van der Waals surface area (Å²) in [6, 6.07) is 11.0. The first-order valence-electron chi connectivity index (χ1n) is 9.56. The molecule has 1 amide bonds. The van der Waals surface area contributed by atoms with E-state index in [-0.39, 0.29) is 18.1 Å². The number of benzene rings is 2. The first-order valence-corrected chi connectivity index (χ1v) is 11.6. The van der Waals surface area contributed by atoms with Crippen molar-refractivity contribution < 1.29 is 13.9 Å². The highest BCUT2D eigenvalue weighted by Crippen LogP contribution is 2.31. The maximum Gasteiger partial charge on any atom is 0.339 e. The van der Waals surface area contributed by atoms with E-state index in [1.807, 2.05) is 36.6 Å². The lowest BCUT2D eigenvalue weighted by molar-refractivity contribution is -0.118. The first-order chi connectivity index (χ1) is 14.6. The van der Waals surface area contributed by atoms with Crippen molar-refractivity contribution in [2.24, 2.45) is 0 Å². The number of thiazole rings is 1. The van der Waals surface area contributed by atoms with E-state index < -0.39 is 0 Å². The molecule has 30 heavy (non-hydrogen) atoms. The number of thioether (sulfide) groups is 1. The highest BCUT2D eigenvalue weighted by Gasteiger charge is 2.19. The molecule has 0 radical (unpaired) electrons. The van der Waals surface area contributed by atoms with Gasteiger partial charge in [0, 0.05) is 22.7 Å². The Morgan fingerprint density at radius 3 is 2.97 bits per heavy atom. The quantitative estimate of drug-likeness (QED) is 0.361. The van der Waals surface area contributed by atoms with Gasteiger partial charge in [-0.3, -0.25) is 4.79 Å². The van der Waals surface area contributed by atoms with Crippen LogP contribution in [0.3, 0.4) is 0 Å². The number of anilines is 1. The maximum atomic E-state index is 12.3. The molecule has 2 aromatic heterocycles. The minimum Gasteiger partial charge on any atom is -0.484 e. The fourth-order valence-electron chi connectivity index (χ4n) is 3.77. The number of carbonyl (C=O) groups excluding carboxylic acids is 1. The Morgan fingerprint density at radius 1 is 1.23 bits per heavy atom. The van der Waals surface area contributed by atoms with Crippen molar-refractivity contribution in [1.29, 1.82) is 0 Å². The Hall–Kier alpha value is -2.84. The average Bonchev–Trinajstić information content (AvgIpc) is 3.39.